The normalized spacial score (nSPS) is 17.6. The van der Waals surface area contributed by atoms with Gasteiger partial charge in [0.05, 0.1) is 0 Å². The highest BCUT2D eigenvalue weighted by atomic mass is 16.3. The maximum absolute atomic E-state index is 12.6. The molecule has 2 amide bonds. The van der Waals surface area contributed by atoms with E-state index in [9.17, 15) is 4.79 Å². The van der Waals surface area contributed by atoms with E-state index in [0.29, 0.717) is 6.54 Å². The summed E-state index contributed by atoms with van der Waals surface area (Å²) < 4.78 is 5.57. The number of aryl methyl sites for hydroxylation is 1. The summed E-state index contributed by atoms with van der Waals surface area (Å²) >= 11 is 0. The third kappa shape index (κ3) is 3.33. The first kappa shape index (κ1) is 15.6. The molecule has 0 radical (unpaired) electrons. The fourth-order valence-electron chi connectivity index (χ4n) is 3.40. The maximum atomic E-state index is 12.6. The molecule has 128 valence electrons. The number of rotatable bonds is 2. The summed E-state index contributed by atoms with van der Waals surface area (Å²) in [4.78, 5) is 22.8. The second-order valence-electron chi connectivity index (χ2n) is 6.46. The van der Waals surface area contributed by atoms with E-state index in [1.807, 2.05) is 42.2 Å². The van der Waals surface area contributed by atoms with Crippen LogP contribution in [0.1, 0.15) is 30.2 Å². The molecule has 0 bridgehead atoms. The summed E-state index contributed by atoms with van der Waals surface area (Å²) in [6, 6.07) is 9.53. The molecule has 6 nitrogen and oxygen atoms in total. The number of nitrogens with zero attached hydrogens (tertiary/aromatic N) is 3. The number of hydrogen-bond donors (Lipinski definition) is 1. The molecule has 3 heterocycles. The van der Waals surface area contributed by atoms with E-state index in [2.05, 4.69) is 15.3 Å². The quantitative estimate of drug-likeness (QED) is 0.769. The van der Waals surface area contributed by atoms with Crippen LogP contribution < -0.4 is 5.32 Å². The van der Waals surface area contributed by atoms with Crippen molar-refractivity contribution in [2.45, 2.75) is 25.7 Å². The van der Waals surface area contributed by atoms with Gasteiger partial charge in [-0.05, 0) is 50.1 Å². The van der Waals surface area contributed by atoms with Crippen molar-refractivity contribution in [2.24, 2.45) is 0 Å². The highest BCUT2D eigenvalue weighted by molar-refractivity contribution is 5.92. The lowest BCUT2D eigenvalue weighted by Gasteiger charge is -2.32. The van der Waals surface area contributed by atoms with Crippen molar-refractivity contribution in [3.63, 3.8) is 0 Å². The summed E-state index contributed by atoms with van der Waals surface area (Å²) in [7, 11) is 0. The summed E-state index contributed by atoms with van der Waals surface area (Å²) in [6.07, 6.45) is 5.34. The number of aromatic nitrogens is 2. The minimum Gasteiger partial charge on any atom is -0.461 e. The zero-order chi connectivity index (χ0) is 17.2. The van der Waals surface area contributed by atoms with Crippen molar-refractivity contribution in [3.8, 4) is 0 Å². The number of likely N-dealkylation sites (tertiary alicyclic amines) is 1. The number of fused-ring (bicyclic) bond motifs is 1. The Labute approximate surface area is 145 Å². The summed E-state index contributed by atoms with van der Waals surface area (Å²) in [5.74, 6) is 1.13. The van der Waals surface area contributed by atoms with Gasteiger partial charge in [-0.1, -0.05) is 0 Å². The fraction of sp³-hybridized carbons (Fsp3) is 0.316. The Hall–Kier alpha value is -2.89. The smallest absolute Gasteiger partial charge is 0.321 e. The average molecular weight is 336 g/mol. The molecule has 3 aromatic rings. The summed E-state index contributed by atoms with van der Waals surface area (Å²) in [5.41, 5.74) is 2.61. The molecule has 1 saturated heterocycles. The van der Waals surface area contributed by atoms with Gasteiger partial charge in [0.1, 0.15) is 17.7 Å². The third-order valence-corrected chi connectivity index (χ3v) is 4.62. The number of carbonyl (C=O) groups excluding carboxylic acids is 1. The molecule has 1 fully saturated rings. The first-order valence-electron chi connectivity index (χ1n) is 8.51. The van der Waals surface area contributed by atoms with Crippen LogP contribution in [-0.2, 0) is 0 Å². The maximum Gasteiger partial charge on any atom is 0.321 e. The molecular formula is C19H20N4O2. The number of amides is 2. The minimum absolute atomic E-state index is 0.0710. The first-order valence-corrected chi connectivity index (χ1v) is 8.51. The number of furan rings is 1. The SMILES string of the molecule is Cc1cc2cc(NC(=O)N3CCC[C@H](c4ccncn4)C3)ccc2o1. The summed E-state index contributed by atoms with van der Waals surface area (Å²) in [6.45, 7) is 3.36. The number of anilines is 1. The Bertz CT molecular complexity index is 891. The van der Waals surface area contributed by atoms with Crippen LogP contribution in [0.2, 0.25) is 0 Å². The van der Waals surface area contributed by atoms with Crippen LogP contribution in [0.25, 0.3) is 11.0 Å². The standard InChI is InChI=1S/C19H20N4O2/c1-13-9-15-10-16(4-5-18(15)25-13)22-19(24)23-8-2-3-14(11-23)17-6-7-20-12-21-17/h4-7,9-10,12,14H,2-3,8,11H2,1H3,(H,22,24)/t14-/m0/s1. The van der Waals surface area contributed by atoms with Gasteiger partial charge in [0, 0.05) is 42.0 Å². The van der Waals surface area contributed by atoms with Gasteiger partial charge in [-0.15, -0.1) is 0 Å². The highest BCUT2D eigenvalue weighted by Gasteiger charge is 2.25. The van der Waals surface area contributed by atoms with Crippen molar-refractivity contribution in [1.82, 2.24) is 14.9 Å². The molecule has 2 aromatic heterocycles. The Morgan fingerprint density at radius 1 is 1.32 bits per heavy atom. The Morgan fingerprint density at radius 3 is 3.08 bits per heavy atom. The molecule has 0 spiro atoms. The number of nitrogens with one attached hydrogen (secondary N) is 1. The number of carbonyl (C=O) groups is 1. The minimum atomic E-state index is -0.0710. The van der Waals surface area contributed by atoms with Crippen LogP contribution in [-0.4, -0.2) is 34.0 Å². The van der Waals surface area contributed by atoms with E-state index in [1.165, 1.54) is 0 Å². The topological polar surface area (TPSA) is 71.3 Å². The van der Waals surface area contributed by atoms with Gasteiger partial charge < -0.3 is 14.6 Å². The lowest BCUT2D eigenvalue weighted by molar-refractivity contribution is 0.192. The molecule has 0 aliphatic carbocycles. The molecular weight excluding hydrogens is 316 g/mol. The molecule has 1 aliphatic heterocycles. The predicted molar refractivity (Wildman–Crippen MR) is 95.5 cm³/mol. The zero-order valence-electron chi connectivity index (χ0n) is 14.1. The van der Waals surface area contributed by atoms with Crippen molar-refractivity contribution in [2.75, 3.05) is 18.4 Å². The molecule has 1 N–H and O–H groups in total. The van der Waals surface area contributed by atoms with Crippen LogP contribution in [0.15, 0.2) is 47.3 Å². The Morgan fingerprint density at radius 2 is 2.24 bits per heavy atom. The molecule has 4 rings (SSSR count). The number of benzene rings is 1. The van der Waals surface area contributed by atoms with E-state index in [1.54, 1.807) is 12.5 Å². The van der Waals surface area contributed by atoms with E-state index >= 15 is 0 Å². The van der Waals surface area contributed by atoms with E-state index < -0.39 is 0 Å². The fourth-order valence-corrected chi connectivity index (χ4v) is 3.40. The molecule has 0 unspecified atom stereocenters. The molecule has 1 atom stereocenters. The van der Waals surface area contributed by atoms with Gasteiger partial charge in [-0.2, -0.15) is 0 Å². The number of piperidine rings is 1. The highest BCUT2D eigenvalue weighted by Crippen LogP contribution is 2.26. The van der Waals surface area contributed by atoms with Crippen LogP contribution in [0.5, 0.6) is 0 Å². The van der Waals surface area contributed by atoms with E-state index in [0.717, 1.165) is 47.5 Å². The van der Waals surface area contributed by atoms with Gasteiger partial charge in [-0.25, -0.2) is 14.8 Å². The predicted octanol–water partition coefficient (Wildman–Crippen LogP) is 3.94. The van der Waals surface area contributed by atoms with Crippen molar-refractivity contribution < 1.29 is 9.21 Å². The molecule has 0 saturated carbocycles. The lowest BCUT2D eigenvalue weighted by atomic mass is 9.95. The third-order valence-electron chi connectivity index (χ3n) is 4.62. The van der Waals surface area contributed by atoms with Crippen LogP contribution >= 0.6 is 0 Å². The van der Waals surface area contributed by atoms with E-state index in [4.69, 9.17) is 4.42 Å². The molecule has 6 heteroatoms. The second kappa shape index (κ2) is 6.55. The molecule has 1 aliphatic rings. The van der Waals surface area contributed by atoms with Gasteiger partial charge in [-0.3, -0.25) is 0 Å². The van der Waals surface area contributed by atoms with Crippen molar-refractivity contribution in [1.29, 1.82) is 0 Å². The second-order valence-corrected chi connectivity index (χ2v) is 6.46. The monoisotopic (exact) mass is 336 g/mol. The summed E-state index contributed by atoms with van der Waals surface area (Å²) in [5, 5.41) is 3.99. The van der Waals surface area contributed by atoms with Gasteiger partial charge >= 0.3 is 6.03 Å². The number of urea groups is 1. The van der Waals surface area contributed by atoms with Crippen LogP contribution in [0, 0.1) is 6.92 Å². The van der Waals surface area contributed by atoms with Crippen molar-refractivity contribution in [3.05, 3.63) is 54.3 Å². The van der Waals surface area contributed by atoms with Gasteiger partial charge in [0.2, 0.25) is 0 Å². The van der Waals surface area contributed by atoms with Crippen LogP contribution in [0.4, 0.5) is 10.5 Å². The molecule has 1 aromatic carbocycles. The van der Waals surface area contributed by atoms with Gasteiger partial charge in [0.25, 0.3) is 0 Å². The first-order chi connectivity index (χ1) is 12.2. The number of hydrogen-bond acceptors (Lipinski definition) is 4. The largest absolute Gasteiger partial charge is 0.461 e. The van der Waals surface area contributed by atoms with E-state index in [-0.39, 0.29) is 11.9 Å². The zero-order valence-corrected chi connectivity index (χ0v) is 14.1. The van der Waals surface area contributed by atoms with Crippen LogP contribution in [0.3, 0.4) is 0 Å². The Balaban J connectivity index is 1.46. The van der Waals surface area contributed by atoms with Gasteiger partial charge in [0.15, 0.2) is 0 Å². The lowest BCUT2D eigenvalue weighted by Crippen LogP contribution is -2.41. The Kier molecular flexibility index (Phi) is 4.09. The average Bonchev–Trinajstić information content (AvgIpc) is 3.02. The van der Waals surface area contributed by atoms with Crippen molar-refractivity contribution >= 4 is 22.7 Å². The molecule has 25 heavy (non-hydrogen) atoms.